The molecule has 0 aromatic heterocycles. The van der Waals surface area contributed by atoms with Crippen LogP contribution in [0, 0.1) is 17.3 Å². The first-order chi connectivity index (χ1) is 6.41. The van der Waals surface area contributed by atoms with Gasteiger partial charge < -0.3 is 5.11 Å². The molecule has 2 atom stereocenters. The van der Waals surface area contributed by atoms with Crippen LogP contribution < -0.4 is 0 Å². The van der Waals surface area contributed by atoms with Gasteiger partial charge in [-0.1, -0.05) is 44.6 Å². The summed E-state index contributed by atoms with van der Waals surface area (Å²) < 4.78 is 0. The van der Waals surface area contributed by atoms with Crippen molar-refractivity contribution in [2.75, 3.05) is 0 Å². The Morgan fingerprint density at radius 2 is 2.14 bits per heavy atom. The zero-order valence-electron chi connectivity index (χ0n) is 9.24. The Labute approximate surface area is 85.3 Å². The second-order valence-electron chi connectivity index (χ2n) is 4.40. The number of hydrogen-bond donors (Lipinski definition) is 1. The van der Waals surface area contributed by atoms with Crippen molar-refractivity contribution >= 4 is 5.97 Å². The molecule has 0 amide bonds. The number of carboxylic acid groups (broad SMARTS) is 1. The fourth-order valence-corrected chi connectivity index (χ4v) is 2.16. The van der Waals surface area contributed by atoms with Crippen molar-refractivity contribution in [3.05, 3.63) is 23.8 Å². The first-order valence-corrected chi connectivity index (χ1v) is 5.03. The molecule has 0 fully saturated rings. The molecule has 0 aromatic rings. The van der Waals surface area contributed by atoms with Crippen molar-refractivity contribution in [1.82, 2.24) is 0 Å². The smallest absolute Gasteiger partial charge is 0.317 e. The number of allylic oxidation sites excluding steroid dienone is 2. The summed E-state index contributed by atoms with van der Waals surface area (Å²) in [7, 11) is 0. The molecule has 2 nitrogen and oxygen atoms in total. The number of hydrogen-bond acceptors (Lipinski definition) is 1. The largest absolute Gasteiger partial charge is 0.480 e. The summed E-state index contributed by atoms with van der Waals surface area (Å²) in [5, 5.41) is 9.32. The van der Waals surface area contributed by atoms with E-state index < -0.39 is 11.4 Å². The first kappa shape index (κ1) is 11.0. The fraction of sp³-hybridized carbons (Fsp3) is 0.583. The fourth-order valence-electron chi connectivity index (χ4n) is 2.16. The predicted molar refractivity (Wildman–Crippen MR) is 57.0 cm³/mol. The highest BCUT2D eigenvalue weighted by Gasteiger charge is 2.42. The summed E-state index contributed by atoms with van der Waals surface area (Å²) in [5.41, 5.74) is 0.168. The van der Waals surface area contributed by atoms with Crippen molar-refractivity contribution in [1.29, 1.82) is 0 Å². The van der Waals surface area contributed by atoms with E-state index in [-0.39, 0.29) is 5.92 Å². The lowest BCUT2D eigenvalue weighted by atomic mass is 9.68. The van der Waals surface area contributed by atoms with Crippen LogP contribution in [0.3, 0.4) is 0 Å². The molecule has 78 valence electrons. The normalized spacial score (nSPS) is 31.8. The van der Waals surface area contributed by atoms with Gasteiger partial charge in [-0.05, 0) is 18.8 Å². The van der Waals surface area contributed by atoms with Crippen LogP contribution in [0.1, 0.15) is 27.7 Å². The summed E-state index contributed by atoms with van der Waals surface area (Å²) >= 11 is 0. The van der Waals surface area contributed by atoms with Crippen LogP contribution >= 0.6 is 0 Å². The van der Waals surface area contributed by atoms with Gasteiger partial charge in [0, 0.05) is 0 Å². The van der Waals surface area contributed by atoms with Crippen molar-refractivity contribution in [2.45, 2.75) is 27.7 Å². The van der Waals surface area contributed by atoms with Crippen molar-refractivity contribution in [3.63, 3.8) is 0 Å². The highest BCUT2D eigenvalue weighted by Crippen LogP contribution is 2.41. The second kappa shape index (κ2) is 3.60. The zero-order chi connectivity index (χ0) is 10.9. The van der Waals surface area contributed by atoms with E-state index in [1.54, 1.807) is 0 Å². The zero-order valence-corrected chi connectivity index (χ0v) is 9.24. The molecule has 0 saturated carbocycles. The van der Waals surface area contributed by atoms with Crippen LogP contribution in [0.4, 0.5) is 0 Å². The lowest BCUT2D eigenvalue weighted by molar-refractivity contribution is -0.146. The van der Waals surface area contributed by atoms with E-state index in [0.29, 0.717) is 5.92 Å². The summed E-state index contributed by atoms with van der Waals surface area (Å²) in [6.07, 6.45) is 5.86. The monoisotopic (exact) mass is 194 g/mol. The predicted octanol–water partition coefficient (Wildman–Crippen LogP) is 2.87. The maximum Gasteiger partial charge on any atom is 0.317 e. The molecule has 0 heterocycles. The Hall–Kier alpha value is -1.05. The van der Waals surface area contributed by atoms with Crippen LogP contribution in [0.25, 0.3) is 0 Å². The van der Waals surface area contributed by atoms with Crippen LogP contribution in [-0.4, -0.2) is 11.1 Å². The lowest BCUT2D eigenvalue weighted by Crippen LogP contribution is -2.37. The molecule has 1 N–H and O–H groups in total. The Morgan fingerprint density at radius 3 is 2.50 bits per heavy atom. The second-order valence-corrected chi connectivity index (χ2v) is 4.40. The average Bonchev–Trinajstić information content (AvgIpc) is 2.02. The topological polar surface area (TPSA) is 37.3 Å². The van der Waals surface area contributed by atoms with E-state index in [1.165, 1.54) is 0 Å². The number of aliphatic carboxylic acids is 1. The van der Waals surface area contributed by atoms with Gasteiger partial charge in [-0.3, -0.25) is 4.79 Å². The molecule has 2 heteroatoms. The molecule has 14 heavy (non-hydrogen) atoms. The van der Waals surface area contributed by atoms with Gasteiger partial charge in [-0.2, -0.15) is 0 Å². The number of carbonyl (C=O) groups is 1. The highest BCUT2D eigenvalue weighted by atomic mass is 16.4. The number of carboxylic acids is 1. The molecule has 1 rings (SSSR count). The van der Waals surface area contributed by atoms with Crippen LogP contribution in [-0.2, 0) is 4.79 Å². The Morgan fingerprint density at radius 1 is 1.57 bits per heavy atom. The third-order valence-corrected chi connectivity index (χ3v) is 3.09. The van der Waals surface area contributed by atoms with Crippen molar-refractivity contribution in [3.8, 4) is 0 Å². The standard InChI is InChI=1S/C12H18O2/c1-8(2)12(11(13)14)6-5-9(3)7-10(12)4/h5-9H,1-4H3,(H,13,14)/t9-,12+/m0/s1. The van der Waals surface area contributed by atoms with E-state index in [2.05, 4.69) is 6.92 Å². The van der Waals surface area contributed by atoms with Crippen molar-refractivity contribution in [2.24, 2.45) is 17.3 Å². The summed E-state index contributed by atoms with van der Waals surface area (Å²) in [6, 6.07) is 0. The maximum atomic E-state index is 11.3. The van der Waals surface area contributed by atoms with E-state index in [4.69, 9.17) is 0 Å². The molecule has 0 aliphatic heterocycles. The lowest BCUT2D eigenvalue weighted by Gasteiger charge is -2.34. The van der Waals surface area contributed by atoms with Gasteiger partial charge in [-0.25, -0.2) is 0 Å². The molecule has 0 spiro atoms. The number of rotatable bonds is 2. The SMILES string of the molecule is CC1=C[C@@H](C)C=C[C@@]1(C(=O)O)C(C)C. The van der Waals surface area contributed by atoms with E-state index in [9.17, 15) is 9.90 Å². The minimum atomic E-state index is -0.785. The average molecular weight is 194 g/mol. The van der Waals surface area contributed by atoms with Gasteiger partial charge in [0.05, 0.1) is 0 Å². The van der Waals surface area contributed by atoms with Gasteiger partial charge in [0.2, 0.25) is 0 Å². The highest BCUT2D eigenvalue weighted by molar-refractivity contribution is 5.82. The van der Waals surface area contributed by atoms with E-state index in [1.807, 2.05) is 39.0 Å². The van der Waals surface area contributed by atoms with Crippen LogP contribution in [0.5, 0.6) is 0 Å². The molecular formula is C12H18O2. The maximum absolute atomic E-state index is 11.3. The van der Waals surface area contributed by atoms with E-state index >= 15 is 0 Å². The molecule has 1 aliphatic rings. The van der Waals surface area contributed by atoms with Gasteiger partial charge in [0.1, 0.15) is 5.41 Å². The van der Waals surface area contributed by atoms with Gasteiger partial charge >= 0.3 is 5.97 Å². The minimum Gasteiger partial charge on any atom is -0.480 e. The molecule has 0 saturated heterocycles. The van der Waals surface area contributed by atoms with Gasteiger partial charge in [0.25, 0.3) is 0 Å². The quantitative estimate of drug-likeness (QED) is 0.686. The Kier molecular flexibility index (Phi) is 2.84. The van der Waals surface area contributed by atoms with Crippen LogP contribution in [0.15, 0.2) is 23.8 Å². The minimum absolute atomic E-state index is 0.0833. The molecule has 0 bridgehead atoms. The summed E-state index contributed by atoms with van der Waals surface area (Å²) in [6.45, 7) is 7.87. The summed E-state index contributed by atoms with van der Waals surface area (Å²) in [4.78, 5) is 11.3. The molecular weight excluding hydrogens is 176 g/mol. The third-order valence-electron chi connectivity index (χ3n) is 3.09. The molecule has 1 aliphatic carbocycles. The Balaban J connectivity index is 3.19. The van der Waals surface area contributed by atoms with Crippen molar-refractivity contribution < 1.29 is 9.90 Å². The molecule has 0 aromatic carbocycles. The van der Waals surface area contributed by atoms with E-state index in [0.717, 1.165) is 5.57 Å². The first-order valence-electron chi connectivity index (χ1n) is 5.03. The third kappa shape index (κ3) is 1.49. The summed E-state index contributed by atoms with van der Waals surface area (Å²) in [5.74, 6) is -0.314. The van der Waals surface area contributed by atoms with Crippen LogP contribution in [0.2, 0.25) is 0 Å². The molecule has 0 radical (unpaired) electrons. The molecule has 0 unspecified atom stereocenters. The Bertz CT molecular complexity index is 299. The van der Waals surface area contributed by atoms with Gasteiger partial charge in [0.15, 0.2) is 0 Å². The van der Waals surface area contributed by atoms with Gasteiger partial charge in [-0.15, -0.1) is 0 Å².